The Labute approximate surface area is 163 Å². The molecule has 0 amide bonds. The van der Waals surface area contributed by atoms with E-state index in [0.29, 0.717) is 5.92 Å². The van der Waals surface area contributed by atoms with Crippen LogP contribution in [0.25, 0.3) is 10.9 Å². The van der Waals surface area contributed by atoms with E-state index >= 15 is 0 Å². The number of rotatable bonds is 3. The number of fused-ring (bicyclic) bond motifs is 1. The zero-order chi connectivity index (χ0) is 18.9. The van der Waals surface area contributed by atoms with Crippen LogP contribution in [0, 0.1) is 17.2 Å². The third-order valence-electron chi connectivity index (χ3n) is 5.75. The Bertz CT molecular complexity index is 1030. The first-order chi connectivity index (χ1) is 13.8. The highest BCUT2D eigenvalue weighted by Crippen LogP contribution is 2.35. The molecule has 3 aromatic heterocycles. The predicted octanol–water partition coefficient (Wildman–Crippen LogP) is 2.76. The second kappa shape index (κ2) is 7.04. The molecule has 140 valence electrons. The van der Waals surface area contributed by atoms with Crippen molar-refractivity contribution in [3.05, 3.63) is 48.7 Å². The molecule has 0 bridgehead atoms. The number of nitrogens with zero attached hydrogens (tertiary/aromatic N) is 7. The van der Waals surface area contributed by atoms with Crippen molar-refractivity contribution in [1.29, 1.82) is 5.26 Å². The van der Waals surface area contributed by atoms with Crippen LogP contribution < -0.4 is 9.80 Å². The molecule has 0 radical (unpaired) electrons. The van der Waals surface area contributed by atoms with Gasteiger partial charge in [0.25, 0.3) is 0 Å². The van der Waals surface area contributed by atoms with Crippen LogP contribution in [0.15, 0.2) is 43.0 Å². The Morgan fingerprint density at radius 2 is 1.79 bits per heavy atom. The average Bonchev–Trinajstić information content (AvgIpc) is 2.73. The van der Waals surface area contributed by atoms with E-state index in [1.807, 2.05) is 12.3 Å². The second-order valence-electron chi connectivity index (χ2n) is 7.50. The summed E-state index contributed by atoms with van der Waals surface area (Å²) >= 11 is 0. The van der Waals surface area contributed by atoms with Crippen molar-refractivity contribution in [3.63, 3.8) is 0 Å². The average molecular weight is 371 g/mol. The fraction of sp³-hybridized carbons (Fsp3) is 0.381. The molecule has 3 aromatic rings. The molecular formula is C21H21N7. The lowest BCUT2D eigenvalue weighted by molar-refractivity contribution is 0.473. The van der Waals surface area contributed by atoms with Crippen molar-refractivity contribution < 1.29 is 0 Å². The minimum Gasteiger partial charge on any atom is -0.355 e. The molecule has 0 unspecified atom stereocenters. The first-order valence-electron chi connectivity index (χ1n) is 9.73. The van der Waals surface area contributed by atoms with Gasteiger partial charge in [-0.3, -0.25) is 9.97 Å². The number of nitriles is 1. The van der Waals surface area contributed by atoms with Gasteiger partial charge in [-0.2, -0.15) is 5.26 Å². The highest BCUT2D eigenvalue weighted by Gasteiger charge is 2.34. The van der Waals surface area contributed by atoms with Crippen LogP contribution in [-0.2, 0) is 0 Å². The Balaban J connectivity index is 1.31. The van der Waals surface area contributed by atoms with Gasteiger partial charge < -0.3 is 9.80 Å². The molecule has 2 saturated heterocycles. The molecule has 5 heterocycles. The number of piperidine rings is 1. The van der Waals surface area contributed by atoms with Crippen molar-refractivity contribution in [3.8, 4) is 6.07 Å². The fourth-order valence-corrected chi connectivity index (χ4v) is 4.06. The summed E-state index contributed by atoms with van der Waals surface area (Å²) in [6.45, 7) is 3.54. The van der Waals surface area contributed by atoms with Gasteiger partial charge in [0.05, 0.1) is 17.3 Å². The minimum atomic E-state index is 0.171. The van der Waals surface area contributed by atoms with Crippen LogP contribution in [0.4, 0.5) is 11.6 Å². The van der Waals surface area contributed by atoms with Crippen LogP contribution in [-0.4, -0.2) is 46.1 Å². The maximum atomic E-state index is 9.13. The molecule has 2 aliphatic rings. The normalized spacial score (nSPS) is 18.1. The molecule has 0 spiro atoms. The molecule has 0 aliphatic carbocycles. The highest BCUT2D eigenvalue weighted by molar-refractivity contribution is 5.79. The number of pyridine rings is 2. The lowest BCUT2D eigenvalue weighted by atomic mass is 9.94. The summed E-state index contributed by atoms with van der Waals surface area (Å²) in [6.07, 6.45) is 8.97. The van der Waals surface area contributed by atoms with Gasteiger partial charge in [0, 0.05) is 68.2 Å². The number of anilines is 2. The lowest BCUT2D eigenvalue weighted by Gasteiger charge is -2.41. The smallest absolute Gasteiger partial charge is 0.150 e. The molecule has 0 N–H and O–H groups in total. The topological polar surface area (TPSA) is 81.8 Å². The summed E-state index contributed by atoms with van der Waals surface area (Å²) in [6, 6.07) is 8.47. The molecular weight excluding hydrogens is 350 g/mol. The van der Waals surface area contributed by atoms with Crippen molar-refractivity contribution in [2.75, 3.05) is 36.0 Å². The van der Waals surface area contributed by atoms with E-state index in [-0.39, 0.29) is 5.92 Å². The molecule has 2 fully saturated rings. The van der Waals surface area contributed by atoms with E-state index in [9.17, 15) is 0 Å². The van der Waals surface area contributed by atoms with Crippen molar-refractivity contribution in [1.82, 2.24) is 19.9 Å². The van der Waals surface area contributed by atoms with Crippen molar-refractivity contribution in [2.45, 2.75) is 18.8 Å². The minimum absolute atomic E-state index is 0.171. The zero-order valence-corrected chi connectivity index (χ0v) is 15.6. The largest absolute Gasteiger partial charge is 0.355 e. The van der Waals surface area contributed by atoms with E-state index in [1.165, 1.54) is 0 Å². The van der Waals surface area contributed by atoms with Gasteiger partial charge in [0.2, 0.25) is 0 Å². The van der Waals surface area contributed by atoms with Gasteiger partial charge in [-0.05, 0) is 31.0 Å². The second-order valence-corrected chi connectivity index (χ2v) is 7.50. The van der Waals surface area contributed by atoms with Gasteiger partial charge >= 0.3 is 0 Å². The summed E-state index contributed by atoms with van der Waals surface area (Å²) in [5.74, 6) is 2.51. The maximum absolute atomic E-state index is 9.13. The van der Waals surface area contributed by atoms with Gasteiger partial charge in [0.1, 0.15) is 5.82 Å². The van der Waals surface area contributed by atoms with Gasteiger partial charge in [-0.25, -0.2) is 9.97 Å². The van der Waals surface area contributed by atoms with Gasteiger partial charge in [-0.15, -0.1) is 0 Å². The Morgan fingerprint density at radius 3 is 2.61 bits per heavy atom. The Hall–Kier alpha value is -3.27. The summed E-state index contributed by atoms with van der Waals surface area (Å²) < 4.78 is 0. The number of hydrogen-bond donors (Lipinski definition) is 0. The van der Waals surface area contributed by atoms with E-state index < -0.39 is 0 Å². The van der Waals surface area contributed by atoms with Crippen LogP contribution >= 0.6 is 0 Å². The third-order valence-corrected chi connectivity index (χ3v) is 5.75. The van der Waals surface area contributed by atoms with Crippen molar-refractivity contribution in [2.24, 2.45) is 5.92 Å². The SMILES string of the molecule is N#CC1CCN(c2nccnc2C2CN(c3ccc4cnccc4n3)C2)CC1. The first kappa shape index (κ1) is 16.9. The van der Waals surface area contributed by atoms with Gasteiger partial charge in [0.15, 0.2) is 5.82 Å². The van der Waals surface area contributed by atoms with Crippen LogP contribution in [0.3, 0.4) is 0 Å². The maximum Gasteiger partial charge on any atom is 0.150 e. The Kier molecular flexibility index (Phi) is 4.24. The molecule has 2 aliphatic heterocycles. The molecule has 7 heteroatoms. The molecule has 5 rings (SSSR count). The van der Waals surface area contributed by atoms with Crippen LogP contribution in [0.5, 0.6) is 0 Å². The summed E-state index contributed by atoms with van der Waals surface area (Å²) in [5.41, 5.74) is 2.04. The molecule has 7 nitrogen and oxygen atoms in total. The molecule has 28 heavy (non-hydrogen) atoms. The quantitative estimate of drug-likeness (QED) is 0.700. The summed E-state index contributed by atoms with van der Waals surface area (Å²) in [5, 5.41) is 10.2. The highest BCUT2D eigenvalue weighted by atomic mass is 15.3. The summed E-state index contributed by atoms with van der Waals surface area (Å²) in [7, 11) is 0. The monoisotopic (exact) mass is 371 g/mol. The number of aromatic nitrogens is 4. The number of hydrogen-bond acceptors (Lipinski definition) is 7. The predicted molar refractivity (Wildman–Crippen MR) is 107 cm³/mol. The van der Waals surface area contributed by atoms with E-state index in [4.69, 9.17) is 10.2 Å². The van der Waals surface area contributed by atoms with Crippen molar-refractivity contribution >= 4 is 22.5 Å². The van der Waals surface area contributed by atoms with E-state index in [2.05, 4.69) is 43.0 Å². The first-order valence-corrected chi connectivity index (χ1v) is 9.73. The third kappa shape index (κ3) is 3.01. The zero-order valence-electron chi connectivity index (χ0n) is 15.6. The molecule has 0 aromatic carbocycles. The van der Waals surface area contributed by atoms with Crippen LogP contribution in [0.2, 0.25) is 0 Å². The standard InChI is InChI=1S/C21H21N7/c22-11-15-4-9-27(10-5-15)21-20(24-7-8-25-21)17-13-28(14-17)19-2-1-16-12-23-6-3-18(16)26-19/h1-3,6-8,12,15,17H,4-5,9-10,13-14H2. The fourth-order valence-electron chi connectivity index (χ4n) is 4.06. The van der Waals surface area contributed by atoms with E-state index in [1.54, 1.807) is 18.6 Å². The summed E-state index contributed by atoms with van der Waals surface area (Å²) in [4.78, 5) is 22.8. The molecule has 0 atom stereocenters. The lowest BCUT2D eigenvalue weighted by Crippen LogP contribution is -2.47. The van der Waals surface area contributed by atoms with E-state index in [0.717, 1.165) is 67.3 Å². The van der Waals surface area contributed by atoms with Crippen LogP contribution in [0.1, 0.15) is 24.5 Å². The van der Waals surface area contributed by atoms with Gasteiger partial charge in [-0.1, -0.05) is 0 Å². The molecule has 0 saturated carbocycles. The Morgan fingerprint density at radius 1 is 0.964 bits per heavy atom.